The van der Waals surface area contributed by atoms with E-state index < -0.39 is 0 Å². The van der Waals surface area contributed by atoms with E-state index in [9.17, 15) is 9.59 Å². The second-order valence-electron chi connectivity index (χ2n) is 4.28. The molecule has 0 aliphatic rings. The lowest BCUT2D eigenvalue weighted by molar-refractivity contribution is -0.119. The minimum Gasteiger partial charge on any atom is -0.338 e. The second kappa shape index (κ2) is 7.14. The maximum Gasteiger partial charge on any atom is 0.243 e. The lowest BCUT2D eigenvalue weighted by Crippen LogP contribution is -2.42. The monoisotopic (exact) mass is 282 g/mol. The highest BCUT2D eigenvalue weighted by atomic mass is 35.5. The van der Waals surface area contributed by atoms with Crippen molar-refractivity contribution in [2.24, 2.45) is 0 Å². The Morgan fingerprint density at radius 3 is 2.58 bits per heavy atom. The number of benzene rings is 1. The Morgan fingerprint density at radius 1 is 1.37 bits per heavy atom. The van der Waals surface area contributed by atoms with Crippen LogP contribution in [0.3, 0.4) is 0 Å². The lowest BCUT2D eigenvalue weighted by Gasteiger charge is -2.26. The van der Waals surface area contributed by atoms with Crippen LogP contribution in [0.15, 0.2) is 18.2 Å². The molecule has 2 amide bonds. The molecule has 1 rings (SSSR count). The van der Waals surface area contributed by atoms with Crippen molar-refractivity contribution in [1.29, 1.82) is 0 Å². The molecule has 0 fully saturated rings. The van der Waals surface area contributed by atoms with Crippen molar-refractivity contribution in [1.82, 2.24) is 5.32 Å². The molecule has 0 saturated carbocycles. The smallest absolute Gasteiger partial charge is 0.243 e. The Labute approximate surface area is 118 Å². The van der Waals surface area contributed by atoms with E-state index in [0.717, 1.165) is 23.2 Å². The summed E-state index contributed by atoms with van der Waals surface area (Å²) in [7, 11) is 0. The van der Waals surface area contributed by atoms with Gasteiger partial charge in [0.25, 0.3) is 0 Å². The Kier molecular flexibility index (Phi) is 5.83. The first kappa shape index (κ1) is 15.5. The van der Waals surface area contributed by atoms with Gasteiger partial charge >= 0.3 is 0 Å². The normalized spacial score (nSPS) is 10.1. The Bertz CT molecular complexity index is 475. The van der Waals surface area contributed by atoms with Crippen molar-refractivity contribution in [2.45, 2.75) is 27.2 Å². The summed E-state index contributed by atoms with van der Waals surface area (Å²) >= 11 is 5.66. The van der Waals surface area contributed by atoms with Crippen LogP contribution in [0.25, 0.3) is 0 Å². The van der Waals surface area contributed by atoms with Crippen LogP contribution < -0.4 is 10.2 Å². The number of anilines is 1. The summed E-state index contributed by atoms with van der Waals surface area (Å²) in [6.07, 6.45) is 0.809. The van der Waals surface area contributed by atoms with Crippen molar-refractivity contribution >= 4 is 29.1 Å². The highest BCUT2D eigenvalue weighted by molar-refractivity contribution is 6.29. The van der Waals surface area contributed by atoms with E-state index in [1.165, 1.54) is 11.8 Å². The van der Waals surface area contributed by atoms with E-state index in [2.05, 4.69) is 5.32 Å². The number of nitrogens with one attached hydrogen (secondary N) is 1. The Hall–Kier alpha value is -1.55. The minimum absolute atomic E-state index is 0.114. The number of carbonyl (C=O) groups is 2. The van der Waals surface area contributed by atoms with Gasteiger partial charge in [-0.2, -0.15) is 0 Å². The number of carbonyl (C=O) groups excluding carboxylic acids is 2. The molecule has 0 aliphatic carbocycles. The molecule has 0 unspecified atom stereocenters. The quantitative estimate of drug-likeness (QED) is 0.665. The van der Waals surface area contributed by atoms with Crippen molar-refractivity contribution in [3.05, 3.63) is 29.3 Å². The van der Waals surface area contributed by atoms with Gasteiger partial charge in [-0.1, -0.05) is 25.1 Å². The molecule has 1 aromatic rings. The summed E-state index contributed by atoms with van der Waals surface area (Å²) in [4.78, 5) is 24.6. The lowest BCUT2D eigenvalue weighted by atomic mass is 10.0. The van der Waals surface area contributed by atoms with E-state index in [1.54, 1.807) is 0 Å². The molecule has 4 nitrogen and oxygen atoms in total. The molecule has 19 heavy (non-hydrogen) atoms. The standard InChI is InChI=1S/C14H19ClN2O2/c1-4-12-7-5-6-10(2)14(12)17(13(19)8-15)9-16-11(3)18/h5-7H,4,8-9H2,1-3H3,(H,16,18). The third kappa shape index (κ3) is 3.96. The predicted octanol–water partition coefficient (Wildman–Crippen LogP) is 2.22. The fourth-order valence-corrected chi connectivity index (χ4v) is 2.09. The summed E-state index contributed by atoms with van der Waals surface area (Å²) < 4.78 is 0. The van der Waals surface area contributed by atoms with Crippen LogP contribution in [-0.4, -0.2) is 24.4 Å². The first-order valence-electron chi connectivity index (χ1n) is 6.20. The van der Waals surface area contributed by atoms with Gasteiger partial charge in [0, 0.05) is 6.92 Å². The first-order valence-corrected chi connectivity index (χ1v) is 6.74. The van der Waals surface area contributed by atoms with Crippen LogP contribution >= 0.6 is 11.6 Å². The van der Waals surface area contributed by atoms with E-state index in [4.69, 9.17) is 11.6 Å². The fourth-order valence-electron chi connectivity index (χ4n) is 1.95. The van der Waals surface area contributed by atoms with Crippen molar-refractivity contribution in [3.8, 4) is 0 Å². The summed E-state index contributed by atoms with van der Waals surface area (Å²) in [6, 6.07) is 5.88. The number of hydrogen-bond donors (Lipinski definition) is 1. The summed E-state index contributed by atoms with van der Waals surface area (Å²) in [5.41, 5.74) is 2.89. The van der Waals surface area contributed by atoms with E-state index >= 15 is 0 Å². The number of hydrogen-bond acceptors (Lipinski definition) is 2. The molecule has 0 aliphatic heterocycles. The third-order valence-corrected chi connectivity index (χ3v) is 3.10. The van der Waals surface area contributed by atoms with Gasteiger partial charge in [0.2, 0.25) is 11.8 Å². The van der Waals surface area contributed by atoms with Crippen molar-refractivity contribution in [3.63, 3.8) is 0 Å². The van der Waals surface area contributed by atoms with Gasteiger partial charge in [0.05, 0.1) is 12.4 Å². The van der Waals surface area contributed by atoms with E-state index in [-0.39, 0.29) is 24.4 Å². The molecule has 0 bridgehead atoms. The molecule has 5 heteroatoms. The van der Waals surface area contributed by atoms with Crippen molar-refractivity contribution in [2.75, 3.05) is 17.4 Å². The first-order chi connectivity index (χ1) is 9.01. The molecule has 104 valence electrons. The van der Waals surface area contributed by atoms with E-state index in [0.29, 0.717) is 0 Å². The molecule has 0 atom stereocenters. The number of rotatable bonds is 5. The number of halogens is 1. The topological polar surface area (TPSA) is 49.4 Å². The Balaban J connectivity index is 3.16. The van der Waals surface area contributed by atoms with Crippen LogP contribution in [0, 0.1) is 6.92 Å². The summed E-state index contributed by atoms with van der Waals surface area (Å²) in [6.45, 7) is 5.53. The van der Waals surface area contributed by atoms with Crippen LogP contribution in [0.5, 0.6) is 0 Å². The number of amides is 2. The highest BCUT2D eigenvalue weighted by Crippen LogP contribution is 2.25. The van der Waals surface area contributed by atoms with Crippen LogP contribution in [0.4, 0.5) is 5.69 Å². The molecule has 0 radical (unpaired) electrons. The second-order valence-corrected chi connectivity index (χ2v) is 4.55. The van der Waals surface area contributed by atoms with Crippen molar-refractivity contribution < 1.29 is 9.59 Å². The largest absolute Gasteiger partial charge is 0.338 e. The third-order valence-electron chi connectivity index (χ3n) is 2.87. The summed E-state index contributed by atoms with van der Waals surface area (Å²) in [5.74, 6) is -0.518. The average molecular weight is 283 g/mol. The average Bonchev–Trinajstić information content (AvgIpc) is 2.39. The van der Waals surface area contributed by atoms with Gasteiger partial charge in [-0.25, -0.2) is 0 Å². The highest BCUT2D eigenvalue weighted by Gasteiger charge is 2.19. The molecular weight excluding hydrogens is 264 g/mol. The molecule has 0 heterocycles. The zero-order valence-corrected chi connectivity index (χ0v) is 12.3. The maximum absolute atomic E-state index is 12.0. The van der Waals surface area contributed by atoms with Gasteiger partial charge in [-0.05, 0) is 24.5 Å². The predicted molar refractivity (Wildman–Crippen MR) is 77.4 cm³/mol. The molecular formula is C14H19ClN2O2. The van der Waals surface area contributed by atoms with Gasteiger partial charge in [0.1, 0.15) is 5.88 Å². The van der Waals surface area contributed by atoms with Crippen LogP contribution in [0.1, 0.15) is 25.0 Å². The van der Waals surface area contributed by atoms with Crippen LogP contribution in [-0.2, 0) is 16.0 Å². The maximum atomic E-state index is 12.0. The number of para-hydroxylation sites is 1. The molecule has 0 saturated heterocycles. The Morgan fingerprint density at radius 2 is 2.05 bits per heavy atom. The number of aryl methyl sites for hydroxylation is 2. The fraction of sp³-hybridized carbons (Fsp3) is 0.429. The zero-order valence-electron chi connectivity index (χ0n) is 11.5. The molecule has 1 aromatic carbocycles. The van der Waals surface area contributed by atoms with Crippen LogP contribution in [0.2, 0.25) is 0 Å². The SMILES string of the molecule is CCc1cccc(C)c1N(CNC(C)=O)C(=O)CCl. The van der Waals surface area contributed by atoms with Gasteiger partial charge < -0.3 is 5.32 Å². The van der Waals surface area contributed by atoms with Gasteiger partial charge in [-0.3, -0.25) is 14.5 Å². The molecule has 1 N–H and O–H groups in total. The summed E-state index contributed by atoms with van der Waals surface area (Å²) in [5, 5.41) is 2.65. The number of alkyl halides is 1. The minimum atomic E-state index is -0.223. The van der Waals surface area contributed by atoms with E-state index in [1.807, 2.05) is 32.0 Å². The van der Waals surface area contributed by atoms with Gasteiger partial charge in [-0.15, -0.1) is 11.6 Å². The zero-order chi connectivity index (χ0) is 14.4. The molecule has 0 spiro atoms. The van der Waals surface area contributed by atoms with Gasteiger partial charge in [0.15, 0.2) is 0 Å². The number of nitrogens with zero attached hydrogens (tertiary/aromatic N) is 1. The molecule has 0 aromatic heterocycles.